The zero-order valence-electron chi connectivity index (χ0n) is 13.6. The van der Waals surface area contributed by atoms with Gasteiger partial charge in [-0.25, -0.2) is 4.79 Å². The molecule has 4 nitrogen and oxygen atoms in total. The molecule has 24 heavy (non-hydrogen) atoms. The van der Waals surface area contributed by atoms with E-state index in [1.807, 2.05) is 54.6 Å². The van der Waals surface area contributed by atoms with Gasteiger partial charge in [0, 0.05) is 9.99 Å². The lowest BCUT2D eigenvalue weighted by atomic mass is 10.1. The summed E-state index contributed by atoms with van der Waals surface area (Å²) >= 11 is -0.859. The molecule has 2 aromatic carbocycles. The number of esters is 1. The minimum absolute atomic E-state index is 0.149. The van der Waals surface area contributed by atoms with Gasteiger partial charge in [0.15, 0.2) is 5.78 Å². The molecule has 0 bridgehead atoms. The minimum Gasteiger partial charge on any atom is -0.496 e. The smallest absolute Gasteiger partial charge is 0.347 e. The molecule has 2 aromatic rings. The Hall–Kier alpha value is -2.02. The number of halogens is 1. The van der Waals surface area contributed by atoms with E-state index in [0.717, 1.165) is 14.9 Å². The van der Waals surface area contributed by atoms with Gasteiger partial charge in [-0.1, -0.05) is 57.1 Å². The fourth-order valence-electron chi connectivity index (χ4n) is 2.15. The Labute approximate surface area is 151 Å². The molecule has 0 atom stereocenters. The molecule has 0 N–H and O–H groups in total. The van der Waals surface area contributed by atoms with E-state index in [-0.39, 0.29) is 15.7 Å². The number of carbonyl (C=O) groups is 2. The van der Waals surface area contributed by atoms with Gasteiger partial charge in [-0.2, -0.15) is 0 Å². The summed E-state index contributed by atoms with van der Waals surface area (Å²) in [5, 5.41) is 0. The van der Waals surface area contributed by atoms with E-state index < -0.39 is 26.7 Å². The number of methoxy groups -OCH3 is 2. The first-order chi connectivity index (χ1) is 11.7. The summed E-state index contributed by atoms with van der Waals surface area (Å²) in [5.41, 5.74) is 0.954. The number of hydrogen-bond donors (Lipinski definition) is 0. The molecule has 0 unspecified atom stereocenters. The molecule has 0 amide bonds. The Bertz CT molecular complexity index is 738. The van der Waals surface area contributed by atoms with Crippen LogP contribution in [0.3, 0.4) is 0 Å². The quantitative estimate of drug-likeness (QED) is 0.378. The van der Waals surface area contributed by atoms with Crippen LogP contribution in [0, 0.1) is 3.57 Å². The first-order valence-electron chi connectivity index (χ1n) is 7.46. The third-order valence-electron chi connectivity index (χ3n) is 3.36. The van der Waals surface area contributed by atoms with Crippen LogP contribution in [-0.4, -0.2) is 29.5 Å². The molecule has 0 saturated carbocycles. The Balaban J connectivity index is 2.17. The highest BCUT2D eigenvalue weighted by molar-refractivity contribution is 14.2. The van der Waals surface area contributed by atoms with Gasteiger partial charge in [0.25, 0.3) is 0 Å². The van der Waals surface area contributed by atoms with Gasteiger partial charge in [-0.05, 0) is 30.2 Å². The van der Waals surface area contributed by atoms with Crippen molar-refractivity contribution >= 4 is 36.0 Å². The van der Waals surface area contributed by atoms with Gasteiger partial charge in [0.2, 0.25) is 0 Å². The Morgan fingerprint density at radius 1 is 0.958 bits per heavy atom. The highest BCUT2D eigenvalue weighted by atomic mass is 127. The normalized spacial score (nSPS) is 11.3. The number of benzene rings is 2. The molecule has 0 saturated heterocycles. The van der Waals surface area contributed by atoms with Crippen molar-refractivity contribution in [3.63, 3.8) is 0 Å². The first-order valence-corrected chi connectivity index (χ1v) is 9.61. The number of ether oxygens (including phenoxy) is 2. The van der Waals surface area contributed by atoms with Crippen molar-refractivity contribution < 1.29 is 19.1 Å². The standard InChI is InChI=1S/C19H19IO4/c1-23-17-11-7-6-8-14(17)12-13-16(21)18(19(22)24-2)20-15-9-4-3-5-10-15/h3-11H,12-13H2,1-2H3. The van der Waals surface area contributed by atoms with Gasteiger partial charge in [-0.3, -0.25) is 4.79 Å². The van der Waals surface area contributed by atoms with Crippen molar-refractivity contribution in [2.45, 2.75) is 12.8 Å². The van der Waals surface area contributed by atoms with Crippen LogP contribution in [0.5, 0.6) is 5.75 Å². The molecular weight excluding hydrogens is 419 g/mol. The summed E-state index contributed by atoms with van der Waals surface area (Å²) in [4.78, 5) is 24.6. The zero-order chi connectivity index (χ0) is 17.4. The predicted octanol–water partition coefficient (Wildman–Crippen LogP) is 3.38. The van der Waals surface area contributed by atoms with Crippen molar-refractivity contribution in [2.75, 3.05) is 14.2 Å². The topological polar surface area (TPSA) is 52.6 Å². The fourth-order valence-corrected chi connectivity index (χ4v) is 4.56. The van der Waals surface area contributed by atoms with E-state index in [2.05, 4.69) is 0 Å². The summed E-state index contributed by atoms with van der Waals surface area (Å²) in [7, 11) is 2.91. The van der Waals surface area contributed by atoms with Crippen molar-refractivity contribution in [3.8, 4) is 5.75 Å². The van der Waals surface area contributed by atoms with Crippen LogP contribution in [0.25, 0.3) is 0 Å². The van der Waals surface area contributed by atoms with Crippen LogP contribution >= 0.6 is 20.7 Å². The van der Waals surface area contributed by atoms with Crippen molar-refractivity contribution in [2.24, 2.45) is 0 Å². The average molecular weight is 438 g/mol. The number of ketones is 1. The lowest BCUT2D eigenvalue weighted by molar-refractivity contribution is -0.133. The Morgan fingerprint density at radius 3 is 2.29 bits per heavy atom. The molecule has 0 heterocycles. The zero-order valence-corrected chi connectivity index (χ0v) is 15.8. The second-order valence-corrected chi connectivity index (χ2v) is 7.79. The van der Waals surface area contributed by atoms with Gasteiger partial charge >= 0.3 is 5.97 Å². The van der Waals surface area contributed by atoms with Gasteiger partial charge in [0.05, 0.1) is 14.2 Å². The van der Waals surface area contributed by atoms with E-state index in [1.165, 1.54) is 7.11 Å². The largest absolute Gasteiger partial charge is 0.496 e. The maximum absolute atomic E-state index is 12.6. The van der Waals surface area contributed by atoms with Crippen molar-refractivity contribution in [1.29, 1.82) is 0 Å². The minimum atomic E-state index is -0.859. The number of Topliss-reactive ketones (excluding diaryl/α,β-unsaturated/α-hetero) is 1. The summed E-state index contributed by atoms with van der Waals surface area (Å²) in [6.07, 6.45) is 0.791. The van der Waals surface area contributed by atoms with Gasteiger partial charge in [0.1, 0.15) is 9.26 Å². The van der Waals surface area contributed by atoms with Gasteiger partial charge < -0.3 is 9.47 Å². The monoisotopic (exact) mass is 438 g/mol. The molecule has 0 aliphatic heterocycles. The van der Waals surface area contributed by atoms with E-state index in [0.29, 0.717) is 6.42 Å². The van der Waals surface area contributed by atoms with Crippen LogP contribution in [0.1, 0.15) is 12.0 Å². The lowest BCUT2D eigenvalue weighted by Crippen LogP contribution is -2.24. The number of carbonyl (C=O) groups excluding carboxylic acids is 2. The summed E-state index contributed by atoms with van der Waals surface area (Å²) < 4.78 is 11.4. The maximum atomic E-state index is 12.6. The number of hydrogen-bond acceptors (Lipinski definition) is 4. The lowest BCUT2D eigenvalue weighted by Gasteiger charge is -2.08. The van der Waals surface area contributed by atoms with Crippen LogP contribution in [-0.2, 0) is 20.7 Å². The van der Waals surface area contributed by atoms with Crippen LogP contribution in [0.4, 0.5) is 0 Å². The second-order valence-electron chi connectivity index (χ2n) is 4.93. The van der Waals surface area contributed by atoms with E-state index in [9.17, 15) is 9.59 Å². The second kappa shape index (κ2) is 9.32. The Kier molecular flexibility index (Phi) is 7.11. The molecular formula is C19H19IO4. The van der Waals surface area contributed by atoms with Crippen molar-refractivity contribution in [3.05, 3.63) is 63.7 Å². The highest BCUT2D eigenvalue weighted by Gasteiger charge is 2.20. The molecule has 2 rings (SSSR count). The molecule has 0 aromatic heterocycles. The summed E-state index contributed by atoms with van der Waals surface area (Å²) in [6, 6.07) is 17.2. The molecule has 0 aliphatic carbocycles. The number of para-hydroxylation sites is 1. The molecule has 126 valence electrons. The molecule has 0 spiro atoms. The van der Waals surface area contributed by atoms with Crippen LogP contribution < -0.4 is 4.74 Å². The SMILES string of the molecule is COC(=O)C(=Ic1ccccc1)C(=O)CCc1ccccc1OC. The predicted molar refractivity (Wildman–Crippen MR) is 103 cm³/mol. The van der Waals surface area contributed by atoms with E-state index >= 15 is 0 Å². The summed E-state index contributed by atoms with van der Waals surface area (Å²) in [5.74, 6) is 0.0868. The molecule has 0 radical (unpaired) electrons. The van der Waals surface area contributed by atoms with Gasteiger partial charge in [-0.15, -0.1) is 0 Å². The molecule has 0 aliphatic rings. The third kappa shape index (κ3) is 4.99. The Morgan fingerprint density at radius 2 is 1.62 bits per heavy atom. The molecule has 5 heteroatoms. The van der Waals surface area contributed by atoms with Crippen LogP contribution in [0.15, 0.2) is 54.6 Å². The number of rotatable bonds is 7. The maximum Gasteiger partial charge on any atom is 0.347 e. The van der Waals surface area contributed by atoms with E-state index in [1.54, 1.807) is 7.11 Å². The van der Waals surface area contributed by atoms with Crippen molar-refractivity contribution in [1.82, 2.24) is 0 Å². The average Bonchev–Trinajstić information content (AvgIpc) is 2.64. The first kappa shape index (κ1) is 18.3. The highest BCUT2D eigenvalue weighted by Crippen LogP contribution is 2.20. The van der Waals surface area contributed by atoms with Crippen LogP contribution in [0.2, 0.25) is 0 Å². The third-order valence-corrected chi connectivity index (χ3v) is 6.28. The number of aryl methyl sites for hydroxylation is 1. The van der Waals surface area contributed by atoms with E-state index in [4.69, 9.17) is 9.47 Å². The summed E-state index contributed by atoms with van der Waals surface area (Å²) in [6.45, 7) is 0. The molecule has 0 fully saturated rings. The fraction of sp³-hybridized carbons (Fsp3) is 0.211.